The van der Waals surface area contributed by atoms with Gasteiger partial charge in [0.2, 0.25) is 0 Å². The largest absolute Gasteiger partial charge is 0.332 e. The Balaban J connectivity index is 2.25. The second kappa shape index (κ2) is 5.33. The van der Waals surface area contributed by atoms with Crippen molar-refractivity contribution in [3.8, 4) is 0 Å². The van der Waals surface area contributed by atoms with Crippen LogP contribution in [0.15, 0.2) is 30.3 Å². The van der Waals surface area contributed by atoms with E-state index < -0.39 is 0 Å². The highest BCUT2D eigenvalue weighted by molar-refractivity contribution is 5.94. The Hall–Kier alpha value is -1.35. The van der Waals surface area contributed by atoms with Gasteiger partial charge in [-0.15, -0.1) is 0 Å². The monoisotopic (exact) mass is 260 g/mol. The average Bonchev–Trinajstić information content (AvgIpc) is 2.37. The number of amides is 1. The first kappa shape index (κ1) is 14.1. The van der Waals surface area contributed by atoms with E-state index in [4.69, 9.17) is 0 Å². The van der Waals surface area contributed by atoms with Crippen LogP contribution in [0, 0.1) is 5.92 Å². The molecule has 1 amide bonds. The molecule has 0 saturated carbocycles. The molecule has 3 heteroatoms. The molecular formula is C16H24N2O. The summed E-state index contributed by atoms with van der Waals surface area (Å²) in [4.78, 5) is 14.7. The Bertz CT molecular complexity index is 439. The maximum atomic E-state index is 12.7. The highest BCUT2D eigenvalue weighted by atomic mass is 16.2. The van der Waals surface area contributed by atoms with Crippen LogP contribution in [-0.4, -0.2) is 35.5 Å². The van der Waals surface area contributed by atoms with Gasteiger partial charge in [-0.25, -0.2) is 0 Å². The van der Waals surface area contributed by atoms with Crippen molar-refractivity contribution >= 4 is 5.91 Å². The number of nitrogens with one attached hydrogen (secondary N) is 1. The van der Waals surface area contributed by atoms with E-state index >= 15 is 0 Å². The second-order valence-corrected chi connectivity index (χ2v) is 6.38. The summed E-state index contributed by atoms with van der Waals surface area (Å²) in [5, 5.41) is 3.53. The van der Waals surface area contributed by atoms with Crippen LogP contribution in [0.25, 0.3) is 0 Å². The van der Waals surface area contributed by atoms with E-state index in [-0.39, 0.29) is 17.5 Å². The van der Waals surface area contributed by atoms with Gasteiger partial charge in [0.05, 0.1) is 0 Å². The number of hydrogen-bond acceptors (Lipinski definition) is 2. The highest BCUT2D eigenvalue weighted by Gasteiger charge is 2.36. The van der Waals surface area contributed by atoms with Crippen LogP contribution < -0.4 is 5.32 Å². The van der Waals surface area contributed by atoms with Crippen LogP contribution in [0.3, 0.4) is 0 Å². The number of carbonyl (C=O) groups is 1. The van der Waals surface area contributed by atoms with E-state index in [9.17, 15) is 4.79 Å². The van der Waals surface area contributed by atoms with Gasteiger partial charge in [0.25, 0.3) is 5.91 Å². The number of benzene rings is 1. The Morgan fingerprint density at radius 2 is 1.95 bits per heavy atom. The maximum absolute atomic E-state index is 12.7. The Morgan fingerprint density at radius 3 is 2.53 bits per heavy atom. The second-order valence-electron chi connectivity index (χ2n) is 6.38. The first-order valence-electron chi connectivity index (χ1n) is 7.02. The molecule has 1 aliphatic rings. The fraction of sp³-hybridized carbons (Fsp3) is 0.562. The molecule has 0 bridgehead atoms. The van der Waals surface area contributed by atoms with E-state index in [1.807, 2.05) is 35.2 Å². The van der Waals surface area contributed by atoms with Crippen LogP contribution >= 0.6 is 0 Å². The van der Waals surface area contributed by atoms with Gasteiger partial charge in [-0.05, 0) is 31.9 Å². The zero-order chi connectivity index (χ0) is 14.0. The molecule has 1 aromatic rings. The lowest BCUT2D eigenvalue weighted by molar-refractivity contribution is 0.0417. The summed E-state index contributed by atoms with van der Waals surface area (Å²) in [7, 11) is 0. The van der Waals surface area contributed by atoms with Gasteiger partial charge < -0.3 is 10.2 Å². The van der Waals surface area contributed by atoms with Crippen molar-refractivity contribution in [2.75, 3.05) is 13.1 Å². The number of nitrogens with zero attached hydrogens (tertiary/aromatic N) is 1. The molecule has 104 valence electrons. The van der Waals surface area contributed by atoms with Crippen LogP contribution in [0.1, 0.15) is 38.1 Å². The first-order valence-corrected chi connectivity index (χ1v) is 7.02. The van der Waals surface area contributed by atoms with Crippen molar-refractivity contribution < 1.29 is 4.79 Å². The van der Waals surface area contributed by atoms with Crippen molar-refractivity contribution in [2.24, 2.45) is 5.92 Å². The molecule has 1 atom stereocenters. The van der Waals surface area contributed by atoms with Crippen LogP contribution in [0.2, 0.25) is 0 Å². The van der Waals surface area contributed by atoms with Crippen LogP contribution in [-0.2, 0) is 0 Å². The molecular weight excluding hydrogens is 236 g/mol. The third-order valence-electron chi connectivity index (χ3n) is 3.81. The molecule has 1 N–H and O–H groups in total. The lowest BCUT2D eigenvalue weighted by Crippen LogP contribution is -2.64. The Labute approximate surface area is 116 Å². The minimum atomic E-state index is -0.0180. The van der Waals surface area contributed by atoms with Gasteiger partial charge in [0.1, 0.15) is 0 Å². The number of carbonyl (C=O) groups excluding carboxylic acids is 1. The van der Waals surface area contributed by atoms with Gasteiger partial charge in [0, 0.05) is 30.2 Å². The lowest BCUT2D eigenvalue weighted by Gasteiger charge is -2.46. The van der Waals surface area contributed by atoms with Crippen molar-refractivity contribution in [1.82, 2.24) is 10.2 Å². The smallest absolute Gasteiger partial charge is 0.254 e. The molecule has 0 radical (unpaired) electrons. The zero-order valence-corrected chi connectivity index (χ0v) is 12.3. The maximum Gasteiger partial charge on any atom is 0.254 e. The van der Waals surface area contributed by atoms with E-state index in [1.165, 1.54) is 0 Å². The van der Waals surface area contributed by atoms with Gasteiger partial charge in [-0.1, -0.05) is 32.0 Å². The third kappa shape index (κ3) is 3.16. The SMILES string of the molecule is CC(C)C1CNC(C)(C)CN1C(=O)c1ccccc1. The summed E-state index contributed by atoms with van der Waals surface area (Å²) in [5.74, 6) is 0.602. The molecule has 2 rings (SSSR count). The van der Waals surface area contributed by atoms with Crippen molar-refractivity contribution in [3.05, 3.63) is 35.9 Å². The molecule has 0 aliphatic carbocycles. The van der Waals surface area contributed by atoms with E-state index in [1.54, 1.807) is 0 Å². The van der Waals surface area contributed by atoms with Crippen molar-refractivity contribution in [2.45, 2.75) is 39.3 Å². The molecule has 3 nitrogen and oxygen atoms in total. The fourth-order valence-corrected chi connectivity index (χ4v) is 2.65. The number of rotatable bonds is 2. The average molecular weight is 260 g/mol. The van der Waals surface area contributed by atoms with E-state index in [2.05, 4.69) is 33.0 Å². The summed E-state index contributed by atoms with van der Waals surface area (Å²) in [6.07, 6.45) is 0. The lowest BCUT2D eigenvalue weighted by atomic mass is 9.92. The standard InChI is InChI=1S/C16H24N2O/c1-12(2)14-10-17-16(3,4)11-18(14)15(19)13-8-6-5-7-9-13/h5-9,12,14,17H,10-11H2,1-4H3. The van der Waals surface area contributed by atoms with E-state index in [0.29, 0.717) is 5.92 Å². The van der Waals surface area contributed by atoms with Crippen LogP contribution in [0.4, 0.5) is 0 Å². The molecule has 1 heterocycles. The molecule has 0 spiro atoms. The molecule has 1 aliphatic heterocycles. The molecule has 1 saturated heterocycles. The minimum absolute atomic E-state index is 0.0180. The van der Waals surface area contributed by atoms with Gasteiger partial charge in [0.15, 0.2) is 0 Å². The summed E-state index contributed by atoms with van der Waals surface area (Å²) < 4.78 is 0. The van der Waals surface area contributed by atoms with Gasteiger partial charge >= 0.3 is 0 Å². The topological polar surface area (TPSA) is 32.3 Å². The Morgan fingerprint density at radius 1 is 1.32 bits per heavy atom. The van der Waals surface area contributed by atoms with E-state index in [0.717, 1.165) is 18.7 Å². The predicted molar refractivity (Wildman–Crippen MR) is 78.2 cm³/mol. The number of hydrogen-bond donors (Lipinski definition) is 1. The zero-order valence-electron chi connectivity index (χ0n) is 12.3. The highest BCUT2D eigenvalue weighted by Crippen LogP contribution is 2.22. The summed E-state index contributed by atoms with van der Waals surface area (Å²) in [6, 6.07) is 9.85. The molecule has 1 fully saturated rings. The Kier molecular flexibility index (Phi) is 3.95. The minimum Gasteiger partial charge on any atom is -0.332 e. The normalized spacial score (nSPS) is 22.6. The van der Waals surface area contributed by atoms with Gasteiger partial charge in [-0.2, -0.15) is 0 Å². The summed E-state index contributed by atoms with van der Waals surface area (Å²) in [5.41, 5.74) is 0.765. The quantitative estimate of drug-likeness (QED) is 0.886. The molecule has 1 unspecified atom stereocenters. The fourth-order valence-electron chi connectivity index (χ4n) is 2.65. The van der Waals surface area contributed by atoms with Gasteiger partial charge in [-0.3, -0.25) is 4.79 Å². The molecule has 1 aromatic carbocycles. The summed E-state index contributed by atoms with van der Waals surface area (Å²) >= 11 is 0. The first-order chi connectivity index (χ1) is 8.91. The number of piperazine rings is 1. The third-order valence-corrected chi connectivity index (χ3v) is 3.81. The van der Waals surface area contributed by atoms with Crippen molar-refractivity contribution in [3.63, 3.8) is 0 Å². The van der Waals surface area contributed by atoms with Crippen LogP contribution in [0.5, 0.6) is 0 Å². The molecule has 0 aromatic heterocycles. The summed E-state index contributed by atoms with van der Waals surface area (Å²) in [6.45, 7) is 10.3. The van der Waals surface area contributed by atoms with Crippen molar-refractivity contribution in [1.29, 1.82) is 0 Å². The predicted octanol–water partition coefficient (Wildman–Crippen LogP) is 2.54. The molecule has 19 heavy (non-hydrogen) atoms.